The van der Waals surface area contributed by atoms with Crippen LogP contribution in [-0.4, -0.2) is 32.9 Å². The second-order valence-electron chi connectivity index (χ2n) is 6.56. The number of ether oxygens (including phenoxy) is 1. The maximum absolute atomic E-state index is 13.3. The topological polar surface area (TPSA) is 96.7 Å². The molecule has 1 aromatic heterocycles. The van der Waals surface area contributed by atoms with Gasteiger partial charge >= 0.3 is 5.97 Å². The Bertz CT molecular complexity index is 1370. The summed E-state index contributed by atoms with van der Waals surface area (Å²) in [5.74, 6) is -1.56. The lowest BCUT2D eigenvalue weighted by Crippen LogP contribution is -2.19. The van der Waals surface area contributed by atoms with E-state index in [1.54, 1.807) is 31.2 Å². The number of H-pyrrole nitrogens is 1. The number of para-hydroxylation sites is 1. The first-order valence-corrected chi connectivity index (χ1v) is 9.73. The second-order valence-corrected chi connectivity index (χ2v) is 6.95. The molecule has 0 aliphatic carbocycles. The molecule has 3 aromatic rings. The first kappa shape index (κ1) is 20.4. The van der Waals surface area contributed by atoms with E-state index in [2.05, 4.69) is 9.98 Å². The zero-order valence-electron chi connectivity index (χ0n) is 16.3. The molecular formula is C22H16FN3O4S. The van der Waals surface area contributed by atoms with Gasteiger partial charge in [0, 0.05) is 11.1 Å². The van der Waals surface area contributed by atoms with Crippen molar-refractivity contribution in [2.24, 2.45) is 4.99 Å². The van der Waals surface area contributed by atoms with Crippen molar-refractivity contribution >= 4 is 41.2 Å². The Balaban J connectivity index is 1.93. The fourth-order valence-electron chi connectivity index (χ4n) is 3.25. The molecule has 0 saturated carbocycles. The van der Waals surface area contributed by atoms with Crippen LogP contribution >= 0.6 is 12.2 Å². The van der Waals surface area contributed by atoms with E-state index in [4.69, 9.17) is 17.0 Å². The number of nitrogens with zero attached hydrogens (tertiary/aromatic N) is 2. The number of esters is 1. The van der Waals surface area contributed by atoms with Crippen LogP contribution in [0, 0.1) is 10.6 Å². The lowest BCUT2D eigenvalue weighted by atomic mass is 10.0. The van der Waals surface area contributed by atoms with E-state index in [1.165, 1.54) is 34.9 Å². The number of aliphatic imine (C=N–C) groups is 1. The van der Waals surface area contributed by atoms with Crippen LogP contribution in [0.5, 0.6) is 5.88 Å². The fourth-order valence-corrected chi connectivity index (χ4v) is 3.54. The van der Waals surface area contributed by atoms with E-state index in [1.807, 2.05) is 0 Å². The number of carbonyl (C=O) groups is 1. The van der Waals surface area contributed by atoms with E-state index < -0.39 is 23.2 Å². The molecule has 1 aliphatic heterocycles. The van der Waals surface area contributed by atoms with Gasteiger partial charge in [-0.1, -0.05) is 18.2 Å². The number of carbonyl (C=O) groups excluding carboxylic acids is 1. The van der Waals surface area contributed by atoms with E-state index in [0.717, 1.165) is 0 Å². The Morgan fingerprint density at radius 1 is 1.26 bits per heavy atom. The van der Waals surface area contributed by atoms with Gasteiger partial charge in [-0.05, 0) is 55.5 Å². The van der Waals surface area contributed by atoms with Crippen LogP contribution in [0.3, 0.4) is 0 Å². The van der Waals surface area contributed by atoms with E-state index >= 15 is 0 Å². The van der Waals surface area contributed by atoms with Gasteiger partial charge < -0.3 is 9.84 Å². The number of aromatic hydroxyl groups is 1. The van der Waals surface area contributed by atoms with Gasteiger partial charge in [-0.15, -0.1) is 0 Å². The van der Waals surface area contributed by atoms with Crippen LogP contribution < -0.4 is 5.56 Å². The predicted octanol–water partition coefficient (Wildman–Crippen LogP) is 3.93. The molecular weight excluding hydrogens is 421 g/mol. The smallest absolute Gasteiger partial charge is 0.357 e. The normalized spacial score (nSPS) is 13.7. The van der Waals surface area contributed by atoms with Crippen LogP contribution in [0.25, 0.3) is 17.3 Å². The largest absolute Gasteiger partial charge is 0.494 e. The molecule has 0 unspecified atom stereocenters. The van der Waals surface area contributed by atoms with E-state index in [-0.39, 0.29) is 22.7 Å². The maximum Gasteiger partial charge on any atom is 0.357 e. The average Bonchev–Trinajstić information content (AvgIpc) is 3.11. The minimum Gasteiger partial charge on any atom is -0.494 e. The van der Waals surface area contributed by atoms with E-state index in [0.29, 0.717) is 22.5 Å². The van der Waals surface area contributed by atoms with Crippen molar-refractivity contribution in [3.63, 3.8) is 0 Å². The van der Waals surface area contributed by atoms with Crippen molar-refractivity contribution in [1.82, 2.24) is 9.55 Å². The molecule has 0 bridgehead atoms. The summed E-state index contributed by atoms with van der Waals surface area (Å²) in [5, 5.41) is 10.9. The molecule has 2 aromatic carbocycles. The molecule has 0 saturated heterocycles. The molecule has 0 amide bonds. The molecule has 1 aliphatic rings. The summed E-state index contributed by atoms with van der Waals surface area (Å²) in [6.45, 7) is 1.83. The second kappa shape index (κ2) is 8.11. The molecule has 7 nitrogen and oxygen atoms in total. The molecule has 0 fully saturated rings. The first-order chi connectivity index (χ1) is 14.9. The number of fused-ring (bicyclic) bond motifs is 1. The van der Waals surface area contributed by atoms with Gasteiger partial charge in [0.2, 0.25) is 5.88 Å². The summed E-state index contributed by atoms with van der Waals surface area (Å²) in [6.07, 6.45) is 1.37. The molecule has 2 N–H and O–H groups in total. The number of nitrogens with one attached hydrogen (secondary N) is 1. The quantitative estimate of drug-likeness (QED) is 0.476. The Kier molecular flexibility index (Phi) is 5.35. The number of rotatable bonds is 4. The number of hydrogen-bond acceptors (Lipinski definition) is 6. The lowest BCUT2D eigenvalue weighted by molar-refractivity contribution is -0.134. The van der Waals surface area contributed by atoms with Gasteiger partial charge in [0.05, 0.1) is 18.0 Å². The number of benzene rings is 2. The SMILES string of the molecule is CCOC(=O)C1=Nc2ccccc2C1=Cc1c(O)n(-c2ccc(F)cc2)c(=S)[nH]c1=O. The molecule has 4 rings (SSSR count). The zero-order valence-corrected chi connectivity index (χ0v) is 17.1. The first-order valence-electron chi connectivity index (χ1n) is 9.32. The van der Waals surface area contributed by atoms with E-state index in [9.17, 15) is 19.1 Å². The van der Waals surface area contributed by atoms with Crippen molar-refractivity contribution in [3.8, 4) is 11.6 Å². The lowest BCUT2D eigenvalue weighted by Gasteiger charge is -2.12. The highest BCUT2D eigenvalue weighted by Crippen LogP contribution is 2.37. The molecule has 9 heteroatoms. The van der Waals surface area contributed by atoms with Gasteiger partial charge in [-0.25, -0.2) is 14.2 Å². The number of hydrogen-bond donors (Lipinski definition) is 2. The highest BCUT2D eigenvalue weighted by Gasteiger charge is 2.28. The van der Waals surface area contributed by atoms with Crippen LogP contribution in [0.1, 0.15) is 18.1 Å². The Labute approximate surface area is 180 Å². The van der Waals surface area contributed by atoms with Crippen molar-refractivity contribution in [2.75, 3.05) is 6.61 Å². The van der Waals surface area contributed by atoms with Crippen molar-refractivity contribution in [3.05, 3.63) is 80.6 Å². The zero-order chi connectivity index (χ0) is 22.1. The van der Waals surface area contributed by atoms with Gasteiger partial charge in [0.15, 0.2) is 10.5 Å². The Hall–Kier alpha value is -3.85. The molecule has 0 atom stereocenters. The third kappa shape index (κ3) is 3.71. The molecule has 0 spiro atoms. The van der Waals surface area contributed by atoms with Gasteiger partial charge in [-0.3, -0.25) is 14.3 Å². The van der Waals surface area contributed by atoms with Crippen molar-refractivity contribution in [1.29, 1.82) is 0 Å². The minimum absolute atomic E-state index is 0.0256. The highest BCUT2D eigenvalue weighted by atomic mass is 32.1. The van der Waals surface area contributed by atoms with Crippen LogP contribution in [0.2, 0.25) is 0 Å². The Morgan fingerprint density at radius 2 is 1.97 bits per heavy atom. The van der Waals surface area contributed by atoms with Crippen LogP contribution in [-0.2, 0) is 9.53 Å². The van der Waals surface area contributed by atoms with Gasteiger partial charge in [0.25, 0.3) is 5.56 Å². The third-order valence-corrected chi connectivity index (χ3v) is 4.93. The summed E-state index contributed by atoms with van der Waals surface area (Å²) < 4.78 is 19.5. The van der Waals surface area contributed by atoms with Crippen molar-refractivity contribution < 1.29 is 19.0 Å². The number of aromatic amines is 1. The van der Waals surface area contributed by atoms with Crippen molar-refractivity contribution in [2.45, 2.75) is 6.92 Å². The fraction of sp³-hybridized carbons (Fsp3) is 0.0909. The third-order valence-electron chi connectivity index (χ3n) is 4.64. The van der Waals surface area contributed by atoms with Gasteiger partial charge in [-0.2, -0.15) is 0 Å². The number of halogens is 1. The summed E-state index contributed by atoms with van der Waals surface area (Å²) in [5.41, 5.74) is 1.07. The Morgan fingerprint density at radius 3 is 2.68 bits per heavy atom. The summed E-state index contributed by atoms with van der Waals surface area (Å²) in [7, 11) is 0. The standard InChI is InChI=1S/C22H16FN3O4S/c1-2-30-21(29)18-15(14-5-3-4-6-17(14)24-18)11-16-19(27)25-22(31)26(20(16)28)13-9-7-12(23)8-10-13/h3-11,28H,2H2,1H3,(H,25,27,31). The summed E-state index contributed by atoms with van der Waals surface area (Å²) in [6, 6.07) is 12.3. The highest BCUT2D eigenvalue weighted by molar-refractivity contribution is 7.71. The van der Waals surface area contributed by atoms with Crippen LogP contribution in [0.15, 0.2) is 58.3 Å². The molecule has 156 valence electrons. The molecule has 2 heterocycles. The maximum atomic E-state index is 13.3. The van der Waals surface area contributed by atoms with Crippen LogP contribution in [0.4, 0.5) is 10.1 Å². The average molecular weight is 437 g/mol. The monoisotopic (exact) mass is 437 g/mol. The summed E-state index contributed by atoms with van der Waals surface area (Å²) in [4.78, 5) is 31.9. The molecule has 31 heavy (non-hydrogen) atoms. The summed E-state index contributed by atoms with van der Waals surface area (Å²) >= 11 is 5.18. The molecule has 0 radical (unpaired) electrons. The number of aromatic nitrogens is 2. The minimum atomic E-state index is -0.652. The van der Waals surface area contributed by atoms with Gasteiger partial charge in [0.1, 0.15) is 11.4 Å². The predicted molar refractivity (Wildman–Crippen MR) is 117 cm³/mol.